The standard InChI is InChI=1S/C6H11N3S/c1-3-9-6(7)5(10-2)4-8-9/h4H,3,7H2,1-2H3. The van der Waals surface area contributed by atoms with Crippen LogP contribution in [0.15, 0.2) is 11.1 Å². The van der Waals surface area contributed by atoms with Gasteiger partial charge in [-0.2, -0.15) is 5.10 Å². The van der Waals surface area contributed by atoms with Crippen LogP contribution in [0, 0.1) is 0 Å². The van der Waals surface area contributed by atoms with Crippen LogP contribution < -0.4 is 5.73 Å². The maximum absolute atomic E-state index is 5.70. The zero-order valence-corrected chi connectivity index (χ0v) is 6.98. The van der Waals surface area contributed by atoms with Crippen molar-refractivity contribution in [1.29, 1.82) is 0 Å². The van der Waals surface area contributed by atoms with Crippen LogP contribution in [0.1, 0.15) is 6.92 Å². The first-order valence-corrected chi connectivity index (χ1v) is 4.37. The van der Waals surface area contributed by atoms with E-state index in [-0.39, 0.29) is 0 Å². The van der Waals surface area contributed by atoms with Gasteiger partial charge in [-0.25, -0.2) is 4.68 Å². The number of hydrogen-bond acceptors (Lipinski definition) is 3. The largest absolute Gasteiger partial charge is 0.383 e. The molecule has 2 N–H and O–H groups in total. The normalized spacial score (nSPS) is 10.2. The molecular formula is C6H11N3S. The van der Waals surface area contributed by atoms with E-state index < -0.39 is 0 Å². The predicted molar refractivity (Wildman–Crippen MR) is 44.1 cm³/mol. The maximum atomic E-state index is 5.70. The minimum atomic E-state index is 0.773. The van der Waals surface area contributed by atoms with Crippen LogP contribution in [0.5, 0.6) is 0 Å². The fourth-order valence-corrected chi connectivity index (χ4v) is 1.25. The summed E-state index contributed by atoms with van der Waals surface area (Å²) in [7, 11) is 0. The Morgan fingerprint density at radius 1 is 1.80 bits per heavy atom. The van der Waals surface area contributed by atoms with Gasteiger partial charge in [0.15, 0.2) is 0 Å². The molecule has 3 nitrogen and oxygen atoms in total. The molecule has 0 amide bonds. The number of nitrogen functional groups attached to an aromatic ring is 1. The Morgan fingerprint density at radius 3 is 2.80 bits per heavy atom. The molecule has 56 valence electrons. The highest BCUT2D eigenvalue weighted by Crippen LogP contribution is 2.21. The van der Waals surface area contributed by atoms with Gasteiger partial charge in [0.05, 0.1) is 11.1 Å². The lowest BCUT2D eigenvalue weighted by atomic mass is 10.6. The highest BCUT2D eigenvalue weighted by Gasteiger charge is 2.02. The van der Waals surface area contributed by atoms with Gasteiger partial charge in [0.2, 0.25) is 0 Å². The van der Waals surface area contributed by atoms with Gasteiger partial charge < -0.3 is 5.73 Å². The SMILES string of the molecule is CCn1ncc(SC)c1N. The van der Waals surface area contributed by atoms with Crippen molar-refractivity contribution in [3.63, 3.8) is 0 Å². The van der Waals surface area contributed by atoms with Crippen molar-refractivity contribution in [2.45, 2.75) is 18.4 Å². The number of aromatic nitrogens is 2. The maximum Gasteiger partial charge on any atom is 0.135 e. The number of thioether (sulfide) groups is 1. The molecule has 0 saturated carbocycles. The second-order valence-corrected chi connectivity index (χ2v) is 2.76. The summed E-state index contributed by atoms with van der Waals surface area (Å²) in [6, 6.07) is 0. The number of rotatable bonds is 2. The van der Waals surface area contributed by atoms with Crippen LogP contribution >= 0.6 is 11.8 Å². The van der Waals surface area contributed by atoms with Crippen LogP contribution in [0.4, 0.5) is 5.82 Å². The minimum Gasteiger partial charge on any atom is -0.383 e. The smallest absolute Gasteiger partial charge is 0.135 e. The lowest BCUT2D eigenvalue weighted by molar-refractivity contribution is 0.669. The van der Waals surface area contributed by atoms with Gasteiger partial charge in [0.25, 0.3) is 0 Å². The molecule has 0 bridgehead atoms. The zero-order chi connectivity index (χ0) is 7.56. The summed E-state index contributed by atoms with van der Waals surface area (Å²) in [4.78, 5) is 1.06. The number of nitrogens with two attached hydrogens (primary N) is 1. The minimum absolute atomic E-state index is 0.773. The average molecular weight is 157 g/mol. The molecule has 0 aliphatic rings. The third kappa shape index (κ3) is 1.11. The fourth-order valence-electron chi connectivity index (χ4n) is 0.787. The summed E-state index contributed by atoms with van der Waals surface area (Å²) in [6.45, 7) is 2.86. The summed E-state index contributed by atoms with van der Waals surface area (Å²) >= 11 is 1.62. The van der Waals surface area contributed by atoms with Gasteiger partial charge in [0.1, 0.15) is 5.82 Å². The van der Waals surface area contributed by atoms with Crippen molar-refractivity contribution in [3.05, 3.63) is 6.20 Å². The summed E-state index contributed by atoms with van der Waals surface area (Å²) in [6.07, 6.45) is 3.79. The Kier molecular flexibility index (Phi) is 2.21. The highest BCUT2D eigenvalue weighted by atomic mass is 32.2. The van der Waals surface area contributed by atoms with E-state index in [2.05, 4.69) is 5.10 Å². The van der Waals surface area contributed by atoms with E-state index in [1.54, 1.807) is 22.6 Å². The fraction of sp³-hybridized carbons (Fsp3) is 0.500. The molecule has 0 spiro atoms. The van der Waals surface area contributed by atoms with Crippen molar-refractivity contribution in [2.24, 2.45) is 0 Å². The molecule has 1 aromatic heterocycles. The second kappa shape index (κ2) is 2.96. The van der Waals surface area contributed by atoms with Gasteiger partial charge in [-0.3, -0.25) is 0 Å². The van der Waals surface area contributed by atoms with Crippen LogP contribution in [-0.2, 0) is 6.54 Å². The van der Waals surface area contributed by atoms with Crippen LogP contribution in [0.3, 0.4) is 0 Å². The first kappa shape index (κ1) is 7.47. The van der Waals surface area contributed by atoms with Crippen molar-refractivity contribution in [3.8, 4) is 0 Å². The van der Waals surface area contributed by atoms with Crippen molar-refractivity contribution in [1.82, 2.24) is 9.78 Å². The van der Waals surface area contributed by atoms with E-state index in [1.807, 2.05) is 13.2 Å². The molecule has 4 heteroatoms. The van der Waals surface area contributed by atoms with E-state index in [4.69, 9.17) is 5.73 Å². The van der Waals surface area contributed by atoms with E-state index in [1.165, 1.54) is 0 Å². The Bertz CT molecular complexity index is 197. The summed E-state index contributed by atoms with van der Waals surface area (Å²) < 4.78 is 1.78. The van der Waals surface area contributed by atoms with Gasteiger partial charge in [-0.1, -0.05) is 0 Å². The van der Waals surface area contributed by atoms with E-state index in [0.29, 0.717) is 0 Å². The molecule has 0 radical (unpaired) electrons. The topological polar surface area (TPSA) is 43.8 Å². The zero-order valence-electron chi connectivity index (χ0n) is 6.16. The molecule has 0 atom stereocenters. The third-order valence-electron chi connectivity index (χ3n) is 1.36. The Labute approximate surface area is 64.6 Å². The molecule has 0 aliphatic carbocycles. The monoisotopic (exact) mass is 157 g/mol. The molecule has 1 aromatic rings. The number of anilines is 1. The Morgan fingerprint density at radius 2 is 2.50 bits per heavy atom. The predicted octanol–water partition coefficient (Wildman–Crippen LogP) is 1.21. The van der Waals surface area contributed by atoms with Gasteiger partial charge in [-0.15, -0.1) is 11.8 Å². The first-order valence-electron chi connectivity index (χ1n) is 3.14. The quantitative estimate of drug-likeness (QED) is 0.656. The first-order chi connectivity index (χ1) is 4.79. The molecule has 0 aromatic carbocycles. The lowest BCUT2D eigenvalue weighted by Crippen LogP contribution is -2.01. The van der Waals surface area contributed by atoms with Gasteiger partial charge >= 0.3 is 0 Å². The Balaban J connectivity index is 2.97. The second-order valence-electron chi connectivity index (χ2n) is 1.91. The number of hydrogen-bond donors (Lipinski definition) is 1. The molecule has 0 fully saturated rings. The third-order valence-corrected chi connectivity index (χ3v) is 2.12. The van der Waals surface area contributed by atoms with Crippen LogP contribution in [0.2, 0.25) is 0 Å². The van der Waals surface area contributed by atoms with Gasteiger partial charge in [-0.05, 0) is 13.2 Å². The van der Waals surface area contributed by atoms with E-state index >= 15 is 0 Å². The number of nitrogens with zero attached hydrogens (tertiary/aromatic N) is 2. The number of aryl methyl sites for hydroxylation is 1. The Hall–Kier alpha value is -0.640. The van der Waals surface area contributed by atoms with E-state index in [0.717, 1.165) is 17.3 Å². The highest BCUT2D eigenvalue weighted by molar-refractivity contribution is 7.98. The van der Waals surface area contributed by atoms with Crippen LogP contribution in [-0.4, -0.2) is 16.0 Å². The average Bonchev–Trinajstić information content (AvgIpc) is 2.30. The summed E-state index contributed by atoms with van der Waals surface area (Å²) in [5, 5.41) is 4.08. The summed E-state index contributed by atoms with van der Waals surface area (Å²) in [5.74, 6) is 0.773. The lowest BCUT2D eigenvalue weighted by Gasteiger charge is -1.98. The molecule has 1 rings (SSSR count). The molecule has 1 heterocycles. The van der Waals surface area contributed by atoms with Crippen LogP contribution in [0.25, 0.3) is 0 Å². The molecular weight excluding hydrogens is 146 g/mol. The molecule has 0 unspecified atom stereocenters. The molecule has 0 saturated heterocycles. The summed E-state index contributed by atoms with van der Waals surface area (Å²) in [5.41, 5.74) is 5.70. The van der Waals surface area contributed by atoms with Crippen molar-refractivity contribution in [2.75, 3.05) is 12.0 Å². The van der Waals surface area contributed by atoms with Crippen molar-refractivity contribution >= 4 is 17.6 Å². The van der Waals surface area contributed by atoms with E-state index in [9.17, 15) is 0 Å². The van der Waals surface area contributed by atoms with Crippen molar-refractivity contribution < 1.29 is 0 Å². The van der Waals surface area contributed by atoms with Gasteiger partial charge in [0, 0.05) is 6.54 Å². The molecule has 10 heavy (non-hydrogen) atoms. The molecule has 0 aliphatic heterocycles.